The van der Waals surface area contributed by atoms with Crippen LogP contribution in [0.4, 0.5) is 8.78 Å². The van der Waals surface area contributed by atoms with E-state index in [1.165, 1.54) is 0 Å². The van der Waals surface area contributed by atoms with E-state index in [0.717, 1.165) is 0 Å². The van der Waals surface area contributed by atoms with Crippen LogP contribution in [-0.4, -0.2) is 23.8 Å². The van der Waals surface area contributed by atoms with E-state index in [4.69, 9.17) is 0 Å². The second-order valence-electron chi connectivity index (χ2n) is 2.29. The highest BCUT2D eigenvalue weighted by molar-refractivity contribution is 9.09. The van der Waals surface area contributed by atoms with Gasteiger partial charge in [-0.1, -0.05) is 15.9 Å². The molecule has 0 amide bonds. The molecule has 1 aliphatic heterocycles. The number of hydrogen-bond acceptors (Lipinski definition) is 1. The van der Waals surface area contributed by atoms with Gasteiger partial charge >= 0.3 is 0 Å². The molecular weight excluding hydrogens is 192 g/mol. The molecule has 9 heavy (non-hydrogen) atoms. The lowest BCUT2D eigenvalue weighted by Gasteiger charge is -2.04. The molecule has 0 aromatic heterocycles. The van der Waals surface area contributed by atoms with Gasteiger partial charge in [0.05, 0.1) is 6.54 Å². The fourth-order valence-electron chi connectivity index (χ4n) is 0.908. The molecule has 0 spiro atoms. The molecule has 0 aromatic carbocycles. The molecule has 0 radical (unpaired) electrons. The molecule has 1 nitrogen and oxygen atoms in total. The van der Waals surface area contributed by atoms with Crippen molar-refractivity contribution in [1.82, 2.24) is 5.32 Å². The Bertz CT molecular complexity index is 107. The summed E-state index contributed by atoms with van der Waals surface area (Å²) in [7, 11) is 0. The van der Waals surface area contributed by atoms with E-state index in [9.17, 15) is 8.78 Å². The van der Waals surface area contributed by atoms with Crippen molar-refractivity contribution in [3.63, 3.8) is 0 Å². The molecule has 1 atom stereocenters. The third kappa shape index (κ3) is 1.86. The lowest BCUT2D eigenvalue weighted by Crippen LogP contribution is -2.23. The van der Waals surface area contributed by atoms with Crippen LogP contribution in [0.1, 0.15) is 6.42 Å². The van der Waals surface area contributed by atoms with E-state index in [2.05, 4.69) is 21.2 Å². The lowest BCUT2D eigenvalue weighted by atomic mass is 10.2. The molecule has 1 rings (SSSR count). The molecule has 0 aliphatic carbocycles. The fraction of sp³-hybridized carbons (Fsp3) is 1.00. The molecule has 4 heteroatoms. The highest BCUT2D eigenvalue weighted by atomic mass is 79.9. The van der Waals surface area contributed by atoms with Crippen LogP contribution in [0.25, 0.3) is 0 Å². The minimum atomic E-state index is -2.47. The maximum Gasteiger partial charge on any atom is 0.261 e. The van der Waals surface area contributed by atoms with Crippen molar-refractivity contribution in [3.05, 3.63) is 0 Å². The van der Waals surface area contributed by atoms with Gasteiger partial charge in [-0.2, -0.15) is 0 Å². The van der Waals surface area contributed by atoms with Gasteiger partial charge in [-0.15, -0.1) is 0 Å². The van der Waals surface area contributed by atoms with Crippen LogP contribution < -0.4 is 5.32 Å². The first kappa shape index (κ1) is 7.41. The predicted molar refractivity (Wildman–Crippen MR) is 35.1 cm³/mol. The van der Waals surface area contributed by atoms with Gasteiger partial charge in [0, 0.05) is 17.8 Å². The average molecular weight is 200 g/mol. The zero-order chi connectivity index (χ0) is 6.91. The van der Waals surface area contributed by atoms with Gasteiger partial charge in [-0.25, -0.2) is 8.78 Å². The number of rotatable bonds is 1. The van der Waals surface area contributed by atoms with E-state index in [0.29, 0.717) is 5.33 Å². The van der Waals surface area contributed by atoms with Gasteiger partial charge in [0.1, 0.15) is 0 Å². The molecule has 0 saturated carbocycles. The molecule has 1 aliphatic rings. The fourth-order valence-corrected chi connectivity index (χ4v) is 1.37. The van der Waals surface area contributed by atoms with Crippen molar-refractivity contribution in [1.29, 1.82) is 0 Å². The number of halogens is 3. The first-order valence-electron chi connectivity index (χ1n) is 2.81. The highest BCUT2D eigenvalue weighted by Crippen LogP contribution is 2.25. The molecule has 1 fully saturated rings. The lowest BCUT2D eigenvalue weighted by molar-refractivity contribution is 0.0217. The molecule has 1 N–H and O–H groups in total. The van der Waals surface area contributed by atoms with Gasteiger partial charge in [0.25, 0.3) is 5.92 Å². The van der Waals surface area contributed by atoms with Gasteiger partial charge in [-0.05, 0) is 0 Å². The summed E-state index contributed by atoms with van der Waals surface area (Å²) in [6, 6.07) is -0.0417. The van der Waals surface area contributed by atoms with Crippen molar-refractivity contribution >= 4 is 15.9 Å². The quantitative estimate of drug-likeness (QED) is 0.630. The number of alkyl halides is 3. The Morgan fingerprint density at radius 1 is 1.67 bits per heavy atom. The maximum absolute atomic E-state index is 12.3. The van der Waals surface area contributed by atoms with Crippen LogP contribution >= 0.6 is 15.9 Å². The first-order valence-corrected chi connectivity index (χ1v) is 3.93. The van der Waals surface area contributed by atoms with E-state index in [1.807, 2.05) is 0 Å². The molecule has 0 aromatic rings. The van der Waals surface area contributed by atoms with Gasteiger partial charge in [-0.3, -0.25) is 0 Å². The van der Waals surface area contributed by atoms with Gasteiger partial charge in [0.15, 0.2) is 0 Å². The van der Waals surface area contributed by atoms with Crippen molar-refractivity contribution in [2.24, 2.45) is 0 Å². The summed E-state index contributed by atoms with van der Waals surface area (Å²) in [4.78, 5) is 0. The zero-order valence-corrected chi connectivity index (χ0v) is 6.42. The van der Waals surface area contributed by atoms with Crippen LogP contribution in [-0.2, 0) is 0 Å². The standard InChI is InChI=1S/C5H8BrF2N/c6-2-4-1-5(7,8)3-9-4/h4,9H,1-3H2/t4-/m1/s1. The van der Waals surface area contributed by atoms with Crippen molar-refractivity contribution in [2.45, 2.75) is 18.4 Å². The Labute approximate surface area is 60.9 Å². The van der Waals surface area contributed by atoms with Crippen LogP contribution in [0.5, 0.6) is 0 Å². The minimum Gasteiger partial charge on any atom is -0.307 e. The Morgan fingerprint density at radius 2 is 2.33 bits per heavy atom. The Kier molecular flexibility index (Phi) is 2.06. The average Bonchev–Trinajstić information content (AvgIpc) is 2.10. The summed E-state index contributed by atoms with van der Waals surface area (Å²) in [5.74, 6) is -2.47. The smallest absolute Gasteiger partial charge is 0.261 e. The second-order valence-corrected chi connectivity index (χ2v) is 2.94. The minimum absolute atomic E-state index is 0.0295. The van der Waals surface area contributed by atoms with Crippen LogP contribution in [0.2, 0.25) is 0 Å². The van der Waals surface area contributed by atoms with E-state index in [1.54, 1.807) is 0 Å². The Hall–Kier alpha value is 0.300. The molecular formula is C5H8BrF2N. The second kappa shape index (κ2) is 2.50. The van der Waals surface area contributed by atoms with Crippen LogP contribution in [0.15, 0.2) is 0 Å². The highest BCUT2D eigenvalue weighted by Gasteiger charge is 2.38. The molecule has 1 heterocycles. The normalized spacial score (nSPS) is 33.0. The third-order valence-corrected chi connectivity index (χ3v) is 2.16. The van der Waals surface area contributed by atoms with E-state index in [-0.39, 0.29) is 19.0 Å². The van der Waals surface area contributed by atoms with Crippen LogP contribution in [0, 0.1) is 0 Å². The Balaban J connectivity index is 2.38. The number of hydrogen-bond donors (Lipinski definition) is 1. The summed E-state index contributed by atoms with van der Waals surface area (Å²) in [5.41, 5.74) is 0. The van der Waals surface area contributed by atoms with E-state index < -0.39 is 5.92 Å². The SMILES string of the molecule is FC1(F)CN[C@@H](CBr)C1. The largest absolute Gasteiger partial charge is 0.307 e. The monoisotopic (exact) mass is 199 g/mol. The number of nitrogens with one attached hydrogen (secondary N) is 1. The van der Waals surface area contributed by atoms with Gasteiger partial charge in [0.2, 0.25) is 0 Å². The van der Waals surface area contributed by atoms with Crippen LogP contribution in [0.3, 0.4) is 0 Å². The maximum atomic E-state index is 12.3. The summed E-state index contributed by atoms with van der Waals surface area (Å²) in [6.07, 6.45) is -0.0295. The summed E-state index contributed by atoms with van der Waals surface area (Å²) in [5, 5.41) is 3.31. The topological polar surface area (TPSA) is 12.0 Å². The van der Waals surface area contributed by atoms with Crippen molar-refractivity contribution < 1.29 is 8.78 Å². The summed E-state index contributed by atoms with van der Waals surface area (Å²) < 4.78 is 24.6. The summed E-state index contributed by atoms with van der Waals surface area (Å²) >= 11 is 3.13. The van der Waals surface area contributed by atoms with Gasteiger partial charge < -0.3 is 5.32 Å². The molecule has 54 valence electrons. The first-order chi connectivity index (χ1) is 4.14. The molecule has 0 unspecified atom stereocenters. The molecule has 0 bridgehead atoms. The Morgan fingerprint density at radius 3 is 2.56 bits per heavy atom. The van der Waals surface area contributed by atoms with Crippen molar-refractivity contribution in [2.75, 3.05) is 11.9 Å². The third-order valence-electron chi connectivity index (χ3n) is 1.38. The predicted octanol–water partition coefficient (Wildman–Crippen LogP) is 1.38. The summed E-state index contributed by atoms with van der Waals surface area (Å²) in [6.45, 7) is -0.163. The van der Waals surface area contributed by atoms with Crippen molar-refractivity contribution in [3.8, 4) is 0 Å². The zero-order valence-electron chi connectivity index (χ0n) is 4.83. The molecule has 1 saturated heterocycles. The van der Waals surface area contributed by atoms with E-state index >= 15 is 0 Å².